The highest BCUT2D eigenvalue weighted by Crippen LogP contribution is 2.36. The average Bonchev–Trinajstić information content (AvgIpc) is 2.74. The number of hydrogen-bond donors (Lipinski definition) is 1. The summed E-state index contributed by atoms with van der Waals surface area (Å²) in [7, 11) is 1.86. The summed E-state index contributed by atoms with van der Waals surface area (Å²) in [6.07, 6.45) is 6.96. The van der Waals surface area contributed by atoms with Gasteiger partial charge in [0.05, 0.1) is 6.20 Å². The van der Waals surface area contributed by atoms with Gasteiger partial charge in [-0.2, -0.15) is 5.10 Å². The lowest BCUT2D eigenvalue weighted by Gasteiger charge is -2.26. The topological polar surface area (TPSA) is 38.0 Å². The number of aromatic nitrogens is 2. The highest BCUT2D eigenvalue weighted by atomic mass is 16.3. The van der Waals surface area contributed by atoms with Gasteiger partial charge in [0.15, 0.2) is 0 Å². The molecule has 1 saturated carbocycles. The second-order valence-electron chi connectivity index (χ2n) is 5.14. The minimum Gasteiger partial charge on any atom is -0.384 e. The van der Waals surface area contributed by atoms with Gasteiger partial charge >= 0.3 is 0 Å². The Morgan fingerprint density at radius 1 is 1.22 bits per heavy atom. The van der Waals surface area contributed by atoms with E-state index in [4.69, 9.17) is 0 Å². The Morgan fingerprint density at radius 2 is 1.94 bits per heavy atom. The molecule has 0 aliphatic heterocycles. The maximum atomic E-state index is 10.3. The Hall–Kier alpha value is -1.61. The van der Waals surface area contributed by atoms with Crippen molar-refractivity contribution in [3.63, 3.8) is 0 Å². The van der Waals surface area contributed by atoms with Gasteiger partial charge in [0.25, 0.3) is 0 Å². The second kappa shape index (κ2) is 4.58. The molecule has 0 radical (unpaired) electrons. The molecule has 1 aliphatic rings. The smallest absolute Gasteiger partial charge is 0.107 e. The Labute approximate surface area is 107 Å². The van der Waals surface area contributed by atoms with Crippen molar-refractivity contribution in [2.75, 3.05) is 0 Å². The first kappa shape index (κ1) is 11.5. The van der Waals surface area contributed by atoms with Crippen molar-refractivity contribution in [2.24, 2.45) is 7.05 Å². The zero-order valence-electron chi connectivity index (χ0n) is 10.6. The van der Waals surface area contributed by atoms with Crippen LogP contribution in [0.4, 0.5) is 0 Å². The van der Waals surface area contributed by atoms with Gasteiger partial charge in [-0.3, -0.25) is 4.68 Å². The summed E-state index contributed by atoms with van der Waals surface area (Å²) in [5.74, 6) is 0.745. The molecule has 0 bridgehead atoms. The van der Waals surface area contributed by atoms with Crippen LogP contribution >= 0.6 is 0 Å². The monoisotopic (exact) mass is 242 g/mol. The number of rotatable bonds is 3. The van der Waals surface area contributed by atoms with Crippen LogP contribution in [0.25, 0.3) is 0 Å². The third-order valence-corrected chi connectivity index (χ3v) is 3.87. The van der Waals surface area contributed by atoms with E-state index in [0.29, 0.717) is 0 Å². The predicted molar refractivity (Wildman–Crippen MR) is 70.3 cm³/mol. The fraction of sp³-hybridized carbons (Fsp3) is 0.400. The fourth-order valence-electron chi connectivity index (χ4n) is 2.47. The average molecular weight is 242 g/mol. The maximum absolute atomic E-state index is 10.3. The molecule has 0 spiro atoms. The van der Waals surface area contributed by atoms with Crippen LogP contribution in [0.3, 0.4) is 0 Å². The molecule has 1 N–H and O–H groups in total. The first-order chi connectivity index (χ1) is 8.74. The zero-order chi connectivity index (χ0) is 12.5. The number of hydrogen-bond acceptors (Lipinski definition) is 2. The van der Waals surface area contributed by atoms with Crippen LogP contribution in [0.2, 0.25) is 0 Å². The van der Waals surface area contributed by atoms with E-state index < -0.39 is 6.10 Å². The number of benzene rings is 1. The van der Waals surface area contributed by atoms with E-state index in [0.717, 1.165) is 17.0 Å². The highest BCUT2D eigenvalue weighted by Gasteiger charge is 2.19. The van der Waals surface area contributed by atoms with Gasteiger partial charge in [0, 0.05) is 18.8 Å². The largest absolute Gasteiger partial charge is 0.384 e. The van der Waals surface area contributed by atoms with E-state index in [1.54, 1.807) is 10.9 Å². The fourth-order valence-corrected chi connectivity index (χ4v) is 2.47. The predicted octanol–water partition coefficient (Wildman–Crippen LogP) is 2.77. The van der Waals surface area contributed by atoms with E-state index in [1.165, 1.54) is 24.8 Å². The van der Waals surface area contributed by atoms with E-state index >= 15 is 0 Å². The van der Waals surface area contributed by atoms with Crippen LogP contribution in [-0.4, -0.2) is 14.9 Å². The molecule has 3 rings (SSSR count). The number of aliphatic hydroxyl groups excluding tert-OH is 1. The van der Waals surface area contributed by atoms with Crippen molar-refractivity contribution in [2.45, 2.75) is 31.3 Å². The summed E-state index contributed by atoms with van der Waals surface area (Å²) in [4.78, 5) is 0. The highest BCUT2D eigenvalue weighted by molar-refractivity contribution is 5.31. The van der Waals surface area contributed by atoms with Crippen molar-refractivity contribution < 1.29 is 5.11 Å². The number of aryl methyl sites for hydroxylation is 1. The molecule has 1 atom stereocenters. The lowest BCUT2D eigenvalue weighted by atomic mass is 9.80. The summed E-state index contributed by atoms with van der Waals surface area (Å²) in [6, 6.07) is 8.37. The molecule has 1 aromatic heterocycles. The molecule has 94 valence electrons. The maximum Gasteiger partial charge on any atom is 0.107 e. The molecule has 1 aliphatic carbocycles. The van der Waals surface area contributed by atoms with Crippen molar-refractivity contribution >= 4 is 0 Å². The quantitative estimate of drug-likeness (QED) is 0.898. The molecule has 1 unspecified atom stereocenters. The van der Waals surface area contributed by atoms with Crippen molar-refractivity contribution in [3.8, 4) is 0 Å². The van der Waals surface area contributed by atoms with Gasteiger partial charge in [-0.1, -0.05) is 30.7 Å². The normalized spacial score (nSPS) is 17.4. The van der Waals surface area contributed by atoms with E-state index in [2.05, 4.69) is 17.2 Å². The van der Waals surface area contributed by atoms with Crippen LogP contribution < -0.4 is 0 Å². The van der Waals surface area contributed by atoms with Gasteiger partial charge in [0.2, 0.25) is 0 Å². The van der Waals surface area contributed by atoms with Gasteiger partial charge in [-0.15, -0.1) is 0 Å². The summed E-state index contributed by atoms with van der Waals surface area (Å²) < 4.78 is 1.71. The molecular formula is C15H18N2O. The lowest BCUT2D eigenvalue weighted by molar-refractivity contribution is 0.220. The standard InChI is InChI=1S/C15H18N2O/c1-17-10-14(9-16-17)15(18)13-7-5-12(6-8-13)11-3-2-4-11/h5-11,15,18H,2-4H2,1H3. The molecular weight excluding hydrogens is 224 g/mol. The summed E-state index contributed by atoms with van der Waals surface area (Å²) in [5, 5.41) is 14.3. The van der Waals surface area contributed by atoms with Gasteiger partial charge in [-0.25, -0.2) is 0 Å². The Bertz CT molecular complexity index is 526. The van der Waals surface area contributed by atoms with Crippen molar-refractivity contribution in [1.29, 1.82) is 0 Å². The Morgan fingerprint density at radius 3 is 2.44 bits per heavy atom. The Kier molecular flexibility index (Phi) is 2.92. The van der Waals surface area contributed by atoms with Crippen LogP contribution in [-0.2, 0) is 7.05 Å². The third-order valence-electron chi connectivity index (χ3n) is 3.87. The van der Waals surface area contributed by atoms with Crippen LogP contribution in [0.15, 0.2) is 36.7 Å². The number of aliphatic hydroxyl groups is 1. The lowest BCUT2D eigenvalue weighted by Crippen LogP contribution is -2.08. The number of nitrogens with zero attached hydrogens (tertiary/aromatic N) is 2. The first-order valence-electron chi connectivity index (χ1n) is 6.50. The molecule has 3 heteroatoms. The molecule has 2 aromatic rings. The molecule has 0 amide bonds. The Balaban J connectivity index is 1.79. The van der Waals surface area contributed by atoms with Gasteiger partial charge < -0.3 is 5.11 Å². The van der Waals surface area contributed by atoms with Crippen LogP contribution in [0.1, 0.15) is 48.0 Å². The van der Waals surface area contributed by atoms with Crippen LogP contribution in [0, 0.1) is 0 Å². The molecule has 3 nitrogen and oxygen atoms in total. The van der Waals surface area contributed by atoms with E-state index in [-0.39, 0.29) is 0 Å². The van der Waals surface area contributed by atoms with E-state index in [9.17, 15) is 5.11 Å². The van der Waals surface area contributed by atoms with Crippen LogP contribution in [0.5, 0.6) is 0 Å². The van der Waals surface area contributed by atoms with E-state index in [1.807, 2.05) is 25.4 Å². The minimum absolute atomic E-state index is 0.575. The first-order valence-corrected chi connectivity index (χ1v) is 6.50. The van der Waals surface area contributed by atoms with Crippen molar-refractivity contribution in [1.82, 2.24) is 9.78 Å². The molecule has 0 saturated heterocycles. The minimum atomic E-state index is -0.575. The second-order valence-corrected chi connectivity index (χ2v) is 5.14. The summed E-state index contributed by atoms with van der Waals surface area (Å²) >= 11 is 0. The SMILES string of the molecule is Cn1cc(C(O)c2ccc(C3CCC3)cc2)cn1. The molecule has 1 fully saturated rings. The van der Waals surface area contributed by atoms with Gasteiger partial charge in [-0.05, 0) is 29.9 Å². The molecule has 1 aromatic carbocycles. The van der Waals surface area contributed by atoms with Gasteiger partial charge in [0.1, 0.15) is 6.10 Å². The summed E-state index contributed by atoms with van der Waals surface area (Å²) in [6.45, 7) is 0. The van der Waals surface area contributed by atoms with Crippen molar-refractivity contribution in [3.05, 3.63) is 53.3 Å². The molecule has 1 heterocycles. The summed E-state index contributed by atoms with van der Waals surface area (Å²) in [5.41, 5.74) is 3.18. The molecule has 18 heavy (non-hydrogen) atoms. The zero-order valence-corrected chi connectivity index (χ0v) is 10.6. The third kappa shape index (κ3) is 2.06.